The van der Waals surface area contributed by atoms with Crippen molar-refractivity contribution < 1.29 is 4.79 Å². The topological polar surface area (TPSA) is 88.5 Å². The molecule has 0 unspecified atom stereocenters. The van der Waals surface area contributed by atoms with Crippen LogP contribution >= 0.6 is 0 Å². The fourth-order valence-electron chi connectivity index (χ4n) is 2.22. The van der Waals surface area contributed by atoms with E-state index in [4.69, 9.17) is 0 Å². The Morgan fingerprint density at radius 1 is 1.39 bits per heavy atom. The normalized spacial score (nSPS) is 10.9. The Hall–Kier alpha value is -2.96. The summed E-state index contributed by atoms with van der Waals surface area (Å²) in [6.45, 7) is 4.24. The smallest absolute Gasteiger partial charge is 0.276 e. The van der Waals surface area contributed by atoms with Crippen molar-refractivity contribution in [2.24, 2.45) is 5.92 Å². The van der Waals surface area contributed by atoms with Gasteiger partial charge in [-0.1, -0.05) is 19.9 Å². The quantitative estimate of drug-likeness (QED) is 0.757. The number of rotatable bonds is 5. The van der Waals surface area contributed by atoms with E-state index in [-0.39, 0.29) is 5.91 Å². The van der Waals surface area contributed by atoms with Gasteiger partial charge >= 0.3 is 0 Å². The summed E-state index contributed by atoms with van der Waals surface area (Å²) in [7, 11) is 0. The second kappa shape index (κ2) is 6.43. The van der Waals surface area contributed by atoms with Gasteiger partial charge in [0.2, 0.25) is 0 Å². The number of nitrogens with one attached hydrogen (secondary N) is 2. The lowest BCUT2D eigenvalue weighted by Crippen LogP contribution is -2.11. The fraction of sp³-hybridized carbons (Fsp3) is 0.250. The molecule has 0 aliphatic rings. The molecule has 0 saturated heterocycles. The van der Waals surface area contributed by atoms with E-state index >= 15 is 0 Å². The summed E-state index contributed by atoms with van der Waals surface area (Å²) < 4.78 is 1.60. The van der Waals surface area contributed by atoms with Crippen molar-refractivity contribution in [3.8, 4) is 5.82 Å². The third-order valence-electron chi connectivity index (χ3n) is 3.22. The zero-order chi connectivity index (χ0) is 16.2. The average Bonchev–Trinajstić information content (AvgIpc) is 3.17. The molecule has 7 nitrogen and oxygen atoms in total. The second-order valence-electron chi connectivity index (χ2n) is 5.69. The standard InChI is InChI=1S/C16H18N6O/c1-11(2)7-12-8-14(21-20-12)16(23)19-13-9-18-22(10-13)15-5-3-4-6-17-15/h3-6,8-11H,7H2,1-2H3,(H,19,23)(H,20,21). The van der Waals surface area contributed by atoms with Gasteiger partial charge in [0.15, 0.2) is 11.5 Å². The molecule has 0 radical (unpaired) electrons. The summed E-state index contributed by atoms with van der Waals surface area (Å²) in [6, 6.07) is 7.33. The molecule has 0 aromatic carbocycles. The molecule has 0 saturated carbocycles. The first-order chi connectivity index (χ1) is 11.1. The molecule has 0 aliphatic heterocycles. The van der Waals surface area contributed by atoms with Crippen LogP contribution in [0.2, 0.25) is 0 Å². The highest BCUT2D eigenvalue weighted by molar-refractivity contribution is 6.02. The molecule has 7 heteroatoms. The van der Waals surface area contributed by atoms with Crippen LogP contribution in [0, 0.1) is 5.92 Å². The number of aromatic nitrogens is 5. The summed E-state index contributed by atoms with van der Waals surface area (Å²) in [5, 5.41) is 13.9. The Balaban J connectivity index is 1.69. The molecule has 0 bridgehead atoms. The minimum atomic E-state index is -0.267. The Morgan fingerprint density at radius 3 is 3.00 bits per heavy atom. The first kappa shape index (κ1) is 15.0. The van der Waals surface area contributed by atoms with Crippen molar-refractivity contribution in [2.75, 3.05) is 5.32 Å². The molecule has 118 valence electrons. The summed E-state index contributed by atoms with van der Waals surface area (Å²) in [4.78, 5) is 16.4. The molecular formula is C16H18N6O. The maximum absolute atomic E-state index is 12.2. The van der Waals surface area contributed by atoms with E-state index in [9.17, 15) is 4.79 Å². The largest absolute Gasteiger partial charge is 0.318 e. The van der Waals surface area contributed by atoms with Gasteiger partial charge in [0, 0.05) is 11.9 Å². The summed E-state index contributed by atoms with van der Waals surface area (Å²) in [6.07, 6.45) is 5.84. The zero-order valence-electron chi connectivity index (χ0n) is 13.0. The van der Waals surface area contributed by atoms with Crippen LogP contribution in [0.1, 0.15) is 30.0 Å². The van der Waals surface area contributed by atoms with Crippen LogP contribution in [0.3, 0.4) is 0 Å². The third kappa shape index (κ3) is 3.63. The Bertz CT molecular complexity index is 790. The van der Waals surface area contributed by atoms with Crippen molar-refractivity contribution in [3.63, 3.8) is 0 Å². The SMILES string of the molecule is CC(C)Cc1cc(C(=O)Nc2cnn(-c3ccccn3)c2)n[nH]1. The molecule has 1 amide bonds. The van der Waals surface area contributed by atoms with E-state index in [1.165, 1.54) is 0 Å². The van der Waals surface area contributed by atoms with E-state index < -0.39 is 0 Å². The second-order valence-corrected chi connectivity index (χ2v) is 5.69. The van der Waals surface area contributed by atoms with Crippen molar-refractivity contribution in [3.05, 3.63) is 54.2 Å². The Kier molecular flexibility index (Phi) is 4.18. The number of hydrogen-bond donors (Lipinski definition) is 2. The predicted octanol–water partition coefficient (Wildman–Crippen LogP) is 2.44. The molecule has 2 N–H and O–H groups in total. The van der Waals surface area contributed by atoms with E-state index in [1.54, 1.807) is 29.3 Å². The molecule has 0 aliphatic carbocycles. The van der Waals surface area contributed by atoms with E-state index in [0.717, 1.165) is 12.1 Å². The predicted molar refractivity (Wildman–Crippen MR) is 86.4 cm³/mol. The zero-order valence-corrected chi connectivity index (χ0v) is 13.0. The number of carbonyl (C=O) groups excluding carboxylic acids is 1. The minimum absolute atomic E-state index is 0.267. The van der Waals surface area contributed by atoms with Crippen molar-refractivity contribution in [1.82, 2.24) is 25.0 Å². The number of amides is 1. The Labute approximate surface area is 133 Å². The highest BCUT2D eigenvalue weighted by atomic mass is 16.1. The lowest BCUT2D eigenvalue weighted by molar-refractivity contribution is 0.102. The maximum Gasteiger partial charge on any atom is 0.276 e. The van der Waals surface area contributed by atoms with Crippen molar-refractivity contribution in [2.45, 2.75) is 20.3 Å². The molecule has 3 heterocycles. The van der Waals surface area contributed by atoms with Gasteiger partial charge in [0.25, 0.3) is 5.91 Å². The molecule has 3 rings (SSSR count). The Morgan fingerprint density at radius 2 is 2.26 bits per heavy atom. The fourth-order valence-corrected chi connectivity index (χ4v) is 2.22. The first-order valence-electron chi connectivity index (χ1n) is 7.43. The van der Waals surface area contributed by atoms with Gasteiger partial charge < -0.3 is 5.32 Å². The number of hydrogen-bond acceptors (Lipinski definition) is 4. The van der Waals surface area contributed by atoms with Crippen molar-refractivity contribution >= 4 is 11.6 Å². The van der Waals surface area contributed by atoms with Gasteiger partial charge in [-0.3, -0.25) is 9.89 Å². The molecule has 3 aromatic heterocycles. The lowest BCUT2D eigenvalue weighted by atomic mass is 10.1. The van der Waals surface area contributed by atoms with Gasteiger partial charge in [-0.25, -0.2) is 9.67 Å². The molecular weight excluding hydrogens is 292 g/mol. The monoisotopic (exact) mass is 310 g/mol. The molecule has 0 atom stereocenters. The highest BCUT2D eigenvalue weighted by Gasteiger charge is 2.12. The number of nitrogens with zero attached hydrogens (tertiary/aromatic N) is 4. The van der Waals surface area contributed by atoms with Gasteiger partial charge in [0.05, 0.1) is 18.1 Å². The number of aromatic amines is 1. The average molecular weight is 310 g/mol. The van der Waals surface area contributed by atoms with E-state index in [1.807, 2.05) is 18.2 Å². The molecule has 0 spiro atoms. The third-order valence-corrected chi connectivity index (χ3v) is 3.22. The van der Waals surface area contributed by atoms with E-state index in [2.05, 4.69) is 39.4 Å². The van der Waals surface area contributed by atoms with Crippen LogP contribution in [0.15, 0.2) is 42.9 Å². The first-order valence-corrected chi connectivity index (χ1v) is 7.43. The number of H-pyrrole nitrogens is 1. The van der Waals surface area contributed by atoms with Crippen LogP contribution in [-0.4, -0.2) is 30.9 Å². The van der Waals surface area contributed by atoms with Crippen molar-refractivity contribution in [1.29, 1.82) is 0 Å². The van der Waals surface area contributed by atoms with Crippen LogP contribution in [0.25, 0.3) is 5.82 Å². The van der Waals surface area contributed by atoms with Crippen LogP contribution in [0.5, 0.6) is 0 Å². The lowest BCUT2D eigenvalue weighted by Gasteiger charge is -2.00. The minimum Gasteiger partial charge on any atom is -0.318 e. The van der Waals surface area contributed by atoms with Crippen LogP contribution < -0.4 is 5.32 Å². The molecule has 0 fully saturated rings. The highest BCUT2D eigenvalue weighted by Crippen LogP contribution is 2.12. The van der Waals surface area contributed by atoms with Gasteiger partial charge in [-0.2, -0.15) is 10.2 Å². The summed E-state index contributed by atoms with van der Waals surface area (Å²) in [5.74, 6) is 0.923. The van der Waals surface area contributed by atoms with Crippen LogP contribution in [-0.2, 0) is 6.42 Å². The van der Waals surface area contributed by atoms with Gasteiger partial charge in [0.1, 0.15) is 0 Å². The van der Waals surface area contributed by atoms with Gasteiger partial charge in [-0.05, 0) is 30.5 Å². The van der Waals surface area contributed by atoms with E-state index in [0.29, 0.717) is 23.1 Å². The number of pyridine rings is 1. The maximum atomic E-state index is 12.2. The molecule has 23 heavy (non-hydrogen) atoms. The molecule has 3 aromatic rings. The summed E-state index contributed by atoms with van der Waals surface area (Å²) in [5.41, 5.74) is 1.91. The van der Waals surface area contributed by atoms with Crippen LogP contribution in [0.4, 0.5) is 5.69 Å². The number of carbonyl (C=O) groups is 1. The number of anilines is 1. The summed E-state index contributed by atoms with van der Waals surface area (Å²) >= 11 is 0. The van der Waals surface area contributed by atoms with Gasteiger partial charge in [-0.15, -0.1) is 0 Å².